The molecule has 2 amide bonds. The molecule has 2 aliphatic rings. The third-order valence-electron chi connectivity index (χ3n) is 5.88. The van der Waals surface area contributed by atoms with Crippen molar-refractivity contribution in [2.75, 3.05) is 47.8 Å². The van der Waals surface area contributed by atoms with Crippen LogP contribution in [0.3, 0.4) is 0 Å². The molecule has 1 heterocycles. The van der Waals surface area contributed by atoms with Crippen molar-refractivity contribution in [1.29, 1.82) is 0 Å². The van der Waals surface area contributed by atoms with Crippen LogP contribution >= 0.6 is 0 Å². The minimum atomic E-state index is -0.295. The predicted molar refractivity (Wildman–Crippen MR) is 104 cm³/mol. The summed E-state index contributed by atoms with van der Waals surface area (Å²) in [4.78, 5) is 32.7. The van der Waals surface area contributed by atoms with Crippen molar-refractivity contribution in [3.05, 3.63) is 0 Å². The molecule has 1 saturated heterocycles. The maximum atomic E-state index is 12.7. The van der Waals surface area contributed by atoms with Gasteiger partial charge in [-0.05, 0) is 31.6 Å². The number of carbonyl (C=O) groups excluding carboxylic acids is 2. The van der Waals surface area contributed by atoms with E-state index < -0.39 is 0 Å². The molecule has 0 unspecified atom stereocenters. The molecule has 1 aliphatic heterocycles. The number of nitrogens with zero attached hydrogens (tertiary/aromatic N) is 3. The molecular weight excluding hydrogens is 330 g/mol. The highest BCUT2D eigenvalue weighted by Gasteiger charge is 2.42. The number of piperidine rings is 1. The number of likely N-dealkylation sites (tertiary alicyclic amines) is 1. The van der Waals surface area contributed by atoms with Crippen molar-refractivity contribution >= 4 is 17.8 Å². The van der Waals surface area contributed by atoms with E-state index in [4.69, 9.17) is 0 Å². The summed E-state index contributed by atoms with van der Waals surface area (Å²) in [5, 5.41) is 6.18. The highest BCUT2D eigenvalue weighted by Crippen LogP contribution is 2.39. The number of carbonyl (C=O) groups is 2. The number of guanidine groups is 1. The molecule has 0 atom stereocenters. The van der Waals surface area contributed by atoms with Gasteiger partial charge in [-0.25, -0.2) is 0 Å². The summed E-state index contributed by atoms with van der Waals surface area (Å²) in [6.45, 7) is 2.45. The zero-order valence-corrected chi connectivity index (χ0v) is 16.8. The van der Waals surface area contributed by atoms with Gasteiger partial charge in [0.25, 0.3) is 0 Å². The number of aliphatic imine (C=N–C) groups is 1. The Balaban J connectivity index is 1.90. The zero-order chi connectivity index (χ0) is 19.2. The maximum Gasteiger partial charge on any atom is 0.230 e. The molecule has 0 aromatic heterocycles. The molecule has 1 saturated carbocycles. The first kappa shape index (κ1) is 20.5. The highest BCUT2D eigenvalue weighted by molar-refractivity contribution is 5.85. The molecule has 0 aromatic carbocycles. The lowest BCUT2D eigenvalue weighted by Gasteiger charge is -2.36. The lowest BCUT2D eigenvalue weighted by Crippen LogP contribution is -2.51. The Kier molecular flexibility index (Phi) is 7.29. The van der Waals surface area contributed by atoms with Crippen molar-refractivity contribution in [3.8, 4) is 0 Å². The first-order chi connectivity index (χ1) is 12.4. The van der Waals surface area contributed by atoms with Crippen molar-refractivity contribution in [1.82, 2.24) is 20.4 Å². The fourth-order valence-electron chi connectivity index (χ4n) is 4.29. The van der Waals surface area contributed by atoms with Crippen LogP contribution in [-0.4, -0.2) is 75.4 Å². The Morgan fingerprint density at radius 3 is 2.31 bits per heavy atom. The van der Waals surface area contributed by atoms with Gasteiger partial charge in [0.2, 0.25) is 11.8 Å². The standard InChI is InChI=1S/C19H35N5O2/c1-20-16(25)13-15-7-11-24(12-8-15)18(21-2)22-14-19(9-5-6-10-19)17(26)23(3)4/h15H,5-14H2,1-4H3,(H,20,25)(H,21,22). The first-order valence-electron chi connectivity index (χ1n) is 9.80. The van der Waals surface area contributed by atoms with E-state index in [-0.39, 0.29) is 17.2 Å². The van der Waals surface area contributed by atoms with Crippen molar-refractivity contribution in [3.63, 3.8) is 0 Å². The van der Waals surface area contributed by atoms with E-state index in [0.717, 1.165) is 57.6 Å². The average molecular weight is 366 g/mol. The monoisotopic (exact) mass is 365 g/mol. The van der Waals surface area contributed by atoms with E-state index in [1.165, 1.54) is 0 Å². The van der Waals surface area contributed by atoms with Crippen LogP contribution < -0.4 is 10.6 Å². The fraction of sp³-hybridized carbons (Fsp3) is 0.842. The fourth-order valence-corrected chi connectivity index (χ4v) is 4.29. The van der Waals surface area contributed by atoms with Crippen molar-refractivity contribution in [2.24, 2.45) is 16.3 Å². The van der Waals surface area contributed by atoms with Crippen molar-refractivity contribution in [2.45, 2.75) is 44.9 Å². The SMILES string of the molecule is CN=C(NCC1(C(=O)N(C)C)CCCC1)N1CCC(CC(=O)NC)CC1. The van der Waals surface area contributed by atoms with E-state index in [1.807, 2.05) is 14.1 Å². The summed E-state index contributed by atoms with van der Waals surface area (Å²) in [7, 11) is 7.17. The molecule has 148 valence electrons. The minimum Gasteiger partial charge on any atom is -0.359 e. The third-order valence-corrected chi connectivity index (χ3v) is 5.88. The number of hydrogen-bond donors (Lipinski definition) is 2. The number of nitrogens with one attached hydrogen (secondary N) is 2. The molecule has 0 spiro atoms. The van der Waals surface area contributed by atoms with Crippen LogP contribution in [0.1, 0.15) is 44.9 Å². The van der Waals surface area contributed by atoms with E-state index in [1.54, 1.807) is 19.0 Å². The van der Waals surface area contributed by atoms with E-state index >= 15 is 0 Å². The summed E-state index contributed by atoms with van der Waals surface area (Å²) in [5.74, 6) is 1.67. The topological polar surface area (TPSA) is 77.0 Å². The Bertz CT molecular complexity index is 518. The van der Waals surface area contributed by atoms with Crippen LogP contribution in [0.2, 0.25) is 0 Å². The van der Waals surface area contributed by atoms with Gasteiger partial charge in [-0.1, -0.05) is 12.8 Å². The normalized spacial score (nSPS) is 20.8. The Hall–Kier alpha value is -1.79. The van der Waals surface area contributed by atoms with Gasteiger partial charge in [-0.3, -0.25) is 14.6 Å². The van der Waals surface area contributed by atoms with E-state index in [2.05, 4.69) is 20.5 Å². The quantitative estimate of drug-likeness (QED) is 0.564. The van der Waals surface area contributed by atoms with Crippen LogP contribution in [0.15, 0.2) is 4.99 Å². The maximum absolute atomic E-state index is 12.7. The molecule has 0 bridgehead atoms. The largest absolute Gasteiger partial charge is 0.359 e. The van der Waals surface area contributed by atoms with Crippen LogP contribution in [0, 0.1) is 11.3 Å². The van der Waals surface area contributed by atoms with Gasteiger partial charge in [0.05, 0.1) is 5.41 Å². The summed E-state index contributed by atoms with van der Waals surface area (Å²) in [6, 6.07) is 0. The molecular formula is C19H35N5O2. The van der Waals surface area contributed by atoms with Gasteiger partial charge in [-0.2, -0.15) is 0 Å². The van der Waals surface area contributed by atoms with Gasteiger partial charge in [-0.15, -0.1) is 0 Å². The highest BCUT2D eigenvalue weighted by atomic mass is 16.2. The zero-order valence-electron chi connectivity index (χ0n) is 16.8. The van der Waals surface area contributed by atoms with Gasteiger partial charge in [0, 0.05) is 54.2 Å². The smallest absolute Gasteiger partial charge is 0.230 e. The number of hydrogen-bond acceptors (Lipinski definition) is 3. The number of rotatable bonds is 5. The predicted octanol–water partition coefficient (Wildman–Crippen LogP) is 1.06. The Labute approximate surface area is 157 Å². The third kappa shape index (κ3) is 4.89. The lowest BCUT2D eigenvalue weighted by atomic mass is 9.84. The summed E-state index contributed by atoms with van der Waals surface area (Å²) >= 11 is 0. The minimum absolute atomic E-state index is 0.122. The molecule has 0 radical (unpaired) electrons. The van der Waals surface area contributed by atoms with Gasteiger partial charge < -0.3 is 20.4 Å². The summed E-state index contributed by atoms with van der Waals surface area (Å²) in [5.41, 5.74) is -0.295. The van der Waals surface area contributed by atoms with Gasteiger partial charge in [0.15, 0.2) is 5.96 Å². The average Bonchev–Trinajstić information content (AvgIpc) is 3.12. The second-order valence-electron chi connectivity index (χ2n) is 7.90. The molecule has 1 aliphatic carbocycles. The first-order valence-corrected chi connectivity index (χ1v) is 9.80. The van der Waals surface area contributed by atoms with Crippen LogP contribution in [0.4, 0.5) is 0 Å². The lowest BCUT2D eigenvalue weighted by molar-refractivity contribution is -0.138. The second-order valence-corrected chi connectivity index (χ2v) is 7.90. The molecule has 7 heteroatoms. The van der Waals surface area contributed by atoms with Crippen molar-refractivity contribution < 1.29 is 9.59 Å². The molecule has 7 nitrogen and oxygen atoms in total. The molecule has 2 rings (SSSR count). The van der Waals surface area contributed by atoms with E-state index in [0.29, 0.717) is 18.9 Å². The molecule has 2 N–H and O–H groups in total. The van der Waals surface area contributed by atoms with Crippen LogP contribution in [-0.2, 0) is 9.59 Å². The van der Waals surface area contributed by atoms with E-state index in [9.17, 15) is 9.59 Å². The number of amides is 2. The summed E-state index contributed by atoms with van der Waals surface area (Å²) < 4.78 is 0. The summed E-state index contributed by atoms with van der Waals surface area (Å²) in [6.07, 6.45) is 6.72. The van der Waals surface area contributed by atoms with Gasteiger partial charge in [0.1, 0.15) is 0 Å². The van der Waals surface area contributed by atoms with Crippen LogP contribution in [0.25, 0.3) is 0 Å². The Morgan fingerprint density at radius 1 is 1.19 bits per heavy atom. The molecule has 2 fully saturated rings. The Morgan fingerprint density at radius 2 is 1.81 bits per heavy atom. The second kappa shape index (κ2) is 9.24. The van der Waals surface area contributed by atoms with Crippen LogP contribution in [0.5, 0.6) is 0 Å². The molecule has 26 heavy (non-hydrogen) atoms. The molecule has 0 aromatic rings. The van der Waals surface area contributed by atoms with Gasteiger partial charge >= 0.3 is 0 Å².